The summed E-state index contributed by atoms with van der Waals surface area (Å²) in [7, 11) is 0. The first kappa shape index (κ1) is 17.1. The van der Waals surface area contributed by atoms with Crippen molar-refractivity contribution in [3.63, 3.8) is 0 Å². The third-order valence-electron chi connectivity index (χ3n) is 3.85. The maximum atomic E-state index is 13.3. The van der Waals surface area contributed by atoms with Gasteiger partial charge in [-0.2, -0.15) is 5.10 Å². The zero-order chi connectivity index (χ0) is 17.8. The van der Waals surface area contributed by atoms with Gasteiger partial charge in [0.25, 0.3) is 5.56 Å². The highest BCUT2D eigenvalue weighted by Gasteiger charge is 2.11. The number of carbonyl (C=O) groups excluding carboxylic acids is 1. The lowest BCUT2D eigenvalue weighted by atomic mass is 10.2. The third kappa shape index (κ3) is 3.69. The molecular formula is C17H19FN4O3. The molecule has 2 heterocycles. The smallest absolute Gasteiger partial charge is 0.291 e. The average Bonchev–Trinajstić information content (AvgIpc) is 2.95. The molecule has 2 aromatic heterocycles. The van der Waals surface area contributed by atoms with Crippen LogP contribution in [0.5, 0.6) is 0 Å². The largest absolute Gasteiger partial charge is 0.382 e. The maximum absolute atomic E-state index is 13.3. The monoisotopic (exact) mass is 346 g/mol. The zero-order valence-corrected chi connectivity index (χ0v) is 13.9. The van der Waals surface area contributed by atoms with E-state index in [0.717, 1.165) is 4.68 Å². The van der Waals surface area contributed by atoms with Gasteiger partial charge in [-0.15, -0.1) is 0 Å². The van der Waals surface area contributed by atoms with Gasteiger partial charge in [-0.3, -0.25) is 14.0 Å². The predicted octanol–water partition coefficient (Wildman–Crippen LogP) is 1.33. The number of carbonyl (C=O) groups is 1. The number of hydrogen-bond donors (Lipinski definition) is 1. The van der Waals surface area contributed by atoms with E-state index >= 15 is 0 Å². The highest BCUT2D eigenvalue weighted by molar-refractivity contribution is 5.86. The van der Waals surface area contributed by atoms with Gasteiger partial charge in [-0.25, -0.2) is 9.07 Å². The molecule has 0 saturated heterocycles. The summed E-state index contributed by atoms with van der Waals surface area (Å²) in [4.78, 5) is 24.5. The first-order valence-electron chi connectivity index (χ1n) is 8.11. The maximum Gasteiger partial charge on any atom is 0.291 e. The third-order valence-corrected chi connectivity index (χ3v) is 3.85. The summed E-state index contributed by atoms with van der Waals surface area (Å²) in [6.45, 7) is 3.44. The summed E-state index contributed by atoms with van der Waals surface area (Å²) in [6.07, 6.45) is 2.16. The van der Waals surface area contributed by atoms with Crippen LogP contribution in [0.25, 0.3) is 16.4 Å². The lowest BCUT2D eigenvalue weighted by molar-refractivity contribution is -0.121. The Bertz CT molecular complexity index is 964. The Balaban J connectivity index is 1.76. The minimum absolute atomic E-state index is 0.167. The van der Waals surface area contributed by atoms with E-state index in [0.29, 0.717) is 42.6 Å². The van der Waals surface area contributed by atoms with Crippen molar-refractivity contribution in [1.82, 2.24) is 19.5 Å². The van der Waals surface area contributed by atoms with Crippen molar-refractivity contribution < 1.29 is 13.9 Å². The first-order valence-corrected chi connectivity index (χ1v) is 8.11. The Labute approximate surface area is 143 Å². The molecule has 0 radical (unpaired) electrons. The van der Waals surface area contributed by atoms with Crippen LogP contribution in [-0.2, 0) is 16.1 Å². The van der Waals surface area contributed by atoms with Gasteiger partial charge in [0.15, 0.2) is 0 Å². The summed E-state index contributed by atoms with van der Waals surface area (Å²) in [6, 6.07) is 5.88. The summed E-state index contributed by atoms with van der Waals surface area (Å²) in [5.74, 6) is -0.666. The summed E-state index contributed by atoms with van der Waals surface area (Å²) in [5.41, 5.74) is 0.636. The molecule has 0 unspecified atom stereocenters. The fourth-order valence-electron chi connectivity index (χ4n) is 2.65. The van der Waals surface area contributed by atoms with Crippen LogP contribution in [0.3, 0.4) is 0 Å². The molecule has 1 N–H and O–H groups in total. The molecule has 8 heteroatoms. The van der Waals surface area contributed by atoms with Gasteiger partial charge in [0, 0.05) is 25.1 Å². The molecular weight excluding hydrogens is 327 g/mol. The van der Waals surface area contributed by atoms with Crippen molar-refractivity contribution in [2.45, 2.75) is 19.9 Å². The molecule has 3 rings (SSSR count). The molecule has 0 aliphatic heterocycles. The van der Waals surface area contributed by atoms with E-state index in [1.807, 2.05) is 6.92 Å². The van der Waals surface area contributed by atoms with Crippen LogP contribution in [0.1, 0.15) is 13.3 Å². The van der Waals surface area contributed by atoms with Crippen molar-refractivity contribution in [1.29, 1.82) is 0 Å². The molecule has 0 bridgehead atoms. The normalized spacial score (nSPS) is 11.3. The molecule has 1 aromatic carbocycles. The Hall–Kier alpha value is -2.74. The molecule has 25 heavy (non-hydrogen) atoms. The van der Waals surface area contributed by atoms with E-state index in [9.17, 15) is 14.0 Å². The van der Waals surface area contributed by atoms with Crippen molar-refractivity contribution >= 4 is 22.3 Å². The number of benzene rings is 1. The second kappa shape index (κ2) is 7.43. The van der Waals surface area contributed by atoms with E-state index in [1.165, 1.54) is 18.5 Å². The van der Waals surface area contributed by atoms with Crippen LogP contribution in [-0.4, -0.2) is 39.8 Å². The topological polar surface area (TPSA) is 77.6 Å². The van der Waals surface area contributed by atoms with E-state index in [4.69, 9.17) is 4.74 Å². The number of halogens is 1. The van der Waals surface area contributed by atoms with E-state index < -0.39 is 5.56 Å². The molecule has 3 aromatic rings. The van der Waals surface area contributed by atoms with Gasteiger partial charge in [0.1, 0.15) is 24.2 Å². The number of ether oxygens (including phenoxy) is 1. The lowest BCUT2D eigenvalue weighted by Crippen LogP contribution is -2.34. The van der Waals surface area contributed by atoms with Gasteiger partial charge in [0.2, 0.25) is 5.91 Å². The van der Waals surface area contributed by atoms with Gasteiger partial charge in [-0.1, -0.05) is 0 Å². The minimum atomic E-state index is -0.399. The molecule has 0 aliphatic carbocycles. The predicted molar refractivity (Wildman–Crippen MR) is 91.0 cm³/mol. The fourth-order valence-corrected chi connectivity index (χ4v) is 2.65. The first-order chi connectivity index (χ1) is 12.1. The van der Waals surface area contributed by atoms with E-state index in [1.54, 1.807) is 16.5 Å². The SMILES string of the molecule is CCOCCCNC(=O)Cn1ncn2c(cc3cc(F)ccc32)c1=O. The molecule has 0 aliphatic rings. The lowest BCUT2D eigenvalue weighted by Gasteiger charge is -2.07. The molecule has 0 saturated carbocycles. The number of hydrogen-bond acceptors (Lipinski definition) is 4. The van der Waals surface area contributed by atoms with Crippen LogP contribution >= 0.6 is 0 Å². The number of fused-ring (bicyclic) bond motifs is 3. The van der Waals surface area contributed by atoms with Crippen molar-refractivity contribution in [3.8, 4) is 0 Å². The fraction of sp³-hybridized carbons (Fsp3) is 0.353. The average molecular weight is 346 g/mol. The number of amides is 1. The molecule has 0 spiro atoms. The Morgan fingerprint density at radius 2 is 2.16 bits per heavy atom. The summed E-state index contributed by atoms with van der Waals surface area (Å²) >= 11 is 0. The van der Waals surface area contributed by atoms with E-state index in [2.05, 4.69) is 10.4 Å². The van der Waals surface area contributed by atoms with Gasteiger partial charge in [-0.05, 0) is 37.6 Å². The van der Waals surface area contributed by atoms with Crippen LogP contribution in [0.2, 0.25) is 0 Å². The number of aromatic nitrogens is 3. The standard InChI is InChI=1S/C17H19FN4O3/c1-2-25-7-3-6-19-16(23)10-22-17(24)15-9-12-8-13(18)4-5-14(12)21(15)11-20-22/h4-5,8-9,11H,2-3,6-7,10H2,1H3,(H,19,23). The van der Waals surface area contributed by atoms with Crippen molar-refractivity contribution in [2.75, 3.05) is 19.8 Å². The minimum Gasteiger partial charge on any atom is -0.382 e. The highest BCUT2D eigenvalue weighted by Crippen LogP contribution is 2.18. The van der Waals surface area contributed by atoms with Crippen molar-refractivity contribution in [2.24, 2.45) is 0 Å². The summed E-state index contributed by atoms with van der Waals surface area (Å²) < 4.78 is 21.2. The van der Waals surface area contributed by atoms with Crippen LogP contribution in [0.4, 0.5) is 4.39 Å². The molecule has 132 valence electrons. The number of nitrogens with one attached hydrogen (secondary N) is 1. The Kier molecular flexibility index (Phi) is 5.08. The molecule has 0 atom stereocenters. The summed E-state index contributed by atoms with van der Waals surface area (Å²) in [5, 5.41) is 7.37. The molecule has 1 amide bonds. The van der Waals surface area contributed by atoms with Crippen LogP contribution < -0.4 is 10.9 Å². The quantitative estimate of drug-likeness (QED) is 0.655. The van der Waals surface area contributed by atoms with Gasteiger partial charge in [0.05, 0.1) is 5.52 Å². The Morgan fingerprint density at radius 3 is 2.96 bits per heavy atom. The Morgan fingerprint density at radius 1 is 1.32 bits per heavy atom. The highest BCUT2D eigenvalue weighted by atomic mass is 19.1. The molecule has 0 fully saturated rings. The second-order valence-electron chi connectivity index (χ2n) is 5.60. The van der Waals surface area contributed by atoms with Crippen LogP contribution in [0.15, 0.2) is 35.4 Å². The van der Waals surface area contributed by atoms with E-state index in [-0.39, 0.29) is 18.3 Å². The number of rotatable bonds is 7. The second-order valence-corrected chi connectivity index (χ2v) is 5.60. The molecule has 7 nitrogen and oxygen atoms in total. The van der Waals surface area contributed by atoms with Gasteiger partial charge >= 0.3 is 0 Å². The number of nitrogens with zero attached hydrogens (tertiary/aromatic N) is 3. The van der Waals surface area contributed by atoms with Gasteiger partial charge < -0.3 is 10.1 Å². The van der Waals surface area contributed by atoms with Crippen molar-refractivity contribution in [3.05, 3.63) is 46.8 Å². The van der Waals surface area contributed by atoms with Crippen LogP contribution in [0, 0.1) is 5.82 Å². The zero-order valence-electron chi connectivity index (χ0n) is 13.9.